The number of benzene rings is 1. The van der Waals surface area contributed by atoms with Gasteiger partial charge in [-0.1, -0.05) is 23.8 Å². The van der Waals surface area contributed by atoms with Crippen molar-refractivity contribution in [1.82, 2.24) is 4.31 Å². The van der Waals surface area contributed by atoms with E-state index in [1.165, 1.54) is 22.5 Å². The Hall–Kier alpha value is -0.730. The summed E-state index contributed by atoms with van der Waals surface area (Å²) in [7, 11) is -3.59. The summed E-state index contributed by atoms with van der Waals surface area (Å²) >= 11 is 10.9. The topological polar surface area (TPSA) is 72.6 Å². The van der Waals surface area contributed by atoms with Crippen LogP contribution in [0.1, 0.15) is 12.5 Å². The molecular weight excluding hydrogens is 320 g/mol. The van der Waals surface area contributed by atoms with Crippen molar-refractivity contribution in [3.05, 3.63) is 28.8 Å². The SMILES string of the molecule is CC1COCCN1S(=O)(=O)c1ccc(C(N)=S)c(Cl)c1. The lowest BCUT2D eigenvalue weighted by molar-refractivity contribution is 0.0393. The van der Waals surface area contributed by atoms with Gasteiger partial charge in [0, 0.05) is 18.2 Å². The maximum Gasteiger partial charge on any atom is 0.243 e. The molecule has 8 heteroatoms. The molecule has 0 amide bonds. The Morgan fingerprint density at radius 2 is 2.25 bits per heavy atom. The molecule has 0 spiro atoms. The quantitative estimate of drug-likeness (QED) is 0.845. The van der Waals surface area contributed by atoms with E-state index < -0.39 is 10.0 Å². The van der Waals surface area contributed by atoms with E-state index in [0.29, 0.717) is 25.3 Å². The fourth-order valence-electron chi connectivity index (χ4n) is 2.06. The summed E-state index contributed by atoms with van der Waals surface area (Å²) in [5.74, 6) is 0. The third kappa shape index (κ3) is 2.96. The normalized spacial score (nSPS) is 20.8. The lowest BCUT2D eigenvalue weighted by Crippen LogP contribution is -2.46. The first-order valence-corrected chi connectivity index (χ1v) is 8.25. The predicted molar refractivity (Wildman–Crippen MR) is 81.5 cm³/mol. The van der Waals surface area contributed by atoms with Crippen LogP contribution in [0.2, 0.25) is 5.02 Å². The minimum atomic E-state index is -3.59. The minimum absolute atomic E-state index is 0.135. The van der Waals surface area contributed by atoms with Crippen molar-refractivity contribution in [2.24, 2.45) is 5.73 Å². The maximum absolute atomic E-state index is 12.6. The van der Waals surface area contributed by atoms with Gasteiger partial charge in [-0.3, -0.25) is 0 Å². The third-order valence-electron chi connectivity index (χ3n) is 3.12. The molecule has 1 atom stereocenters. The van der Waals surface area contributed by atoms with Crippen molar-refractivity contribution in [3.63, 3.8) is 0 Å². The number of thiocarbonyl (C=S) groups is 1. The van der Waals surface area contributed by atoms with E-state index in [2.05, 4.69) is 0 Å². The molecule has 2 N–H and O–H groups in total. The van der Waals surface area contributed by atoms with Crippen molar-refractivity contribution >= 4 is 38.8 Å². The van der Waals surface area contributed by atoms with Crippen LogP contribution in [0, 0.1) is 0 Å². The zero-order valence-corrected chi connectivity index (χ0v) is 13.3. The number of nitrogens with two attached hydrogens (primary N) is 1. The molecule has 1 aliphatic heterocycles. The molecule has 20 heavy (non-hydrogen) atoms. The number of nitrogens with zero attached hydrogens (tertiary/aromatic N) is 1. The molecule has 0 radical (unpaired) electrons. The fraction of sp³-hybridized carbons (Fsp3) is 0.417. The van der Waals surface area contributed by atoms with E-state index >= 15 is 0 Å². The van der Waals surface area contributed by atoms with E-state index in [-0.39, 0.29) is 20.9 Å². The smallest absolute Gasteiger partial charge is 0.243 e. The van der Waals surface area contributed by atoms with Crippen molar-refractivity contribution < 1.29 is 13.2 Å². The molecule has 1 fully saturated rings. The van der Waals surface area contributed by atoms with Crippen molar-refractivity contribution in [3.8, 4) is 0 Å². The Balaban J connectivity index is 2.39. The van der Waals surface area contributed by atoms with E-state index in [4.69, 9.17) is 34.3 Å². The zero-order chi connectivity index (χ0) is 14.9. The van der Waals surface area contributed by atoms with Gasteiger partial charge in [-0.2, -0.15) is 4.31 Å². The molecule has 1 aromatic rings. The molecule has 1 unspecified atom stereocenters. The van der Waals surface area contributed by atoms with Gasteiger partial charge in [-0.15, -0.1) is 0 Å². The van der Waals surface area contributed by atoms with Gasteiger partial charge in [0.1, 0.15) is 4.99 Å². The molecule has 0 aromatic heterocycles. The molecule has 1 aromatic carbocycles. The number of ether oxygens (including phenoxy) is 1. The Bertz CT molecular complexity index is 634. The van der Waals surface area contributed by atoms with Gasteiger partial charge in [0.25, 0.3) is 0 Å². The van der Waals surface area contributed by atoms with E-state index in [9.17, 15) is 8.42 Å². The van der Waals surface area contributed by atoms with Gasteiger partial charge in [0.05, 0.1) is 23.1 Å². The molecule has 1 saturated heterocycles. The Morgan fingerprint density at radius 1 is 1.55 bits per heavy atom. The van der Waals surface area contributed by atoms with Gasteiger partial charge >= 0.3 is 0 Å². The second-order valence-electron chi connectivity index (χ2n) is 4.55. The first-order chi connectivity index (χ1) is 9.34. The fourth-order valence-corrected chi connectivity index (χ4v) is 4.27. The standard InChI is InChI=1S/C12H15ClN2O3S2/c1-8-7-18-5-4-15(8)20(16,17)9-2-3-10(12(14)19)11(13)6-9/h2-3,6,8H,4-5,7H2,1H3,(H2,14,19). The molecule has 0 saturated carbocycles. The van der Waals surface area contributed by atoms with Crippen LogP contribution in [0.3, 0.4) is 0 Å². The van der Waals surface area contributed by atoms with Gasteiger partial charge in [0.15, 0.2) is 0 Å². The van der Waals surface area contributed by atoms with Crippen LogP contribution in [0.15, 0.2) is 23.1 Å². The zero-order valence-electron chi connectivity index (χ0n) is 10.9. The van der Waals surface area contributed by atoms with E-state index in [1.54, 1.807) is 0 Å². The lowest BCUT2D eigenvalue weighted by Gasteiger charge is -2.32. The molecule has 1 aliphatic rings. The summed E-state index contributed by atoms with van der Waals surface area (Å²) in [5, 5.41) is 0.236. The summed E-state index contributed by atoms with van der Waals surface area (Å²) in [5.41, 5.74) is 5.98. The number of halogens is 1. The lowest BCUT2D eigenvalue weighted by atomic mass is 10.2. The summed E-state index contributed by atoms with van der Waals surface area (Å²) < 4.78 is 31.8. The first kappa shape index (κ1) is 15.7. The third-order valence-corrected chi connectivity index (χ3v) is 5.66. The number of rotatable bonds is 3. The monoisotopic (exact) mass is 334 g/mol. The van der Waals surface area contributed by atoms with Crippen molar-refractivity contribution in [1.29, 1.82) is 0 Å². The largest absolute Gasteiger partial charge is 0.389 e. The van der Waals surface area contributed by atoms with Crippen LogP contribution in [0.5, 0.6) is 0 Å². The second kappa shape index (κ2) is 5.95. The molecule has 110 valence electrons. The highest BCUT2D eigenvalue weighted by Gasteiger charge is 2.31. The highest BCUT2D eigenvalue weighted by Crippen LogP contribution is 2.25. The maximum atomic E-state index is 12.6. The van der Waals surface area contributed by atoms with Crippen LogP contribution in [0.4, 0.5) is 0 Å². The molecular formula is C12H15ClN2O3S2. The van der Waals surface area contributed by atoms with Gasteiger partial charge in [-0.05, 0) is 25.1 Å². The minimum Gasteiger partial charge on any atom is -0.389 e. The van der Waals surface area contributed by atoms with Crippen molar-refractivity contribution in [2.45, 2.75) is 17.9 Å². The van der Waals surface area contributed by atoms with E-state index in [1.807, 2.05) is 6.92 Å². The van der Waals surface area contributed by atoms with Crippen LogP contribution in [0.25, 0.3) is 0 Å². The van der Waals surface area contributed by atoms with Crippen molar-refractivity contribution in [2.75, 3.05) is 19.8 Å². The highest BCUT2D eigenvalue weighted by molar-refractivity contribution is 7.89. The molecule has 5 nitrogen and oxygen atoms in total. The van der Waals surface area contributed by atoms with Gasteiger partial charge < -0.3 is 10.5 Å². The first-order valence-electron chi connectivity index (χ1n) is 6.03. The van der Waals surface area contributed by atoms with Gasteiger partial charge in [-0.25, -0.2) is 8.42 Å². The summed E-state index contributed by atoms with van der Waals surface area (Å²) in [6, 6.07) is 4.18. The number of hydrogen-bond donors (Lipinski definition) is 1. The summed E-state index contributed by atoms with van der Waals surface area (Å²) in [4.78, 5) is 0.273. The Morgan fingerprint density at radius 3 is 2.80 bits per heavy atom. The number of sulfonamides is 1. The molecule has 1 heterocycles. The Labute approximate surface area is 128 Å². The highest BCUT2D eigenvalue weighted by atomic mass is 35.5. The average Bonchev–Trinajstić information content (AvgIpc) is 2.38. The van der Waals surface area contributed by atoms with E-state index in [0.717, 1.165) is 0 Å². The van der Waals surface area contributed by atoms with Crippen LogP contribution < -0.4 is 5.73 Å². The number of hydrogen-bond acceptors (Lipinski definition) is 4. The predicted octanol–water partition coefficient (Wildman–Crippen LogP) is 1.38. The van der Waals surface area contributed by atoms with Crippen LogP contribution in [-0.4, -0.2) is 43.5 Å². The number of morpholine rings is 1. The molecule has 2 rings (SSSR count). The van der Waals surface area contributed by atoms with Gasteiger partial charge in [0.2, 0.25) is 10.0 Å². The molecule has 0 bridgehead atoms. The second-order valence-corrected chi connectivity index (χ2v) is 7.28. The summed E-state index contributed by atoms with van der Waals surface area (Å²) in [6.07, 6.45) is 0. The Kier molecular flexibility index (Phi) is 4.66. The van der Waals surface area contributed by atoms with Crippen LogP contribution in [-0.2, 0) is 14.8 Å². The summed E-state index contributed by atoms with van der Waals surface area (Å²) in [6.45, 7) is 2.92. The average molecular weight is 335 g/mol. The molecule has 0 aliphatic carbocycles. The van der Waals surface area contributed by atoms with Crippen LogP contribution >= 0.6 is 23.8 Å².